The van der Waals surface area contributed by atoms with Gasteiger partial charge in [-0.3, -0.25) is 0 Å². The zero-order valence-corrected chi connectivity index (χ0v) is 10.4. The lowest BCUT2D eigenvalue weighted by Crippen LogP contribution is -2.24. The minimum Gasteiger partial charge on any atom is -0.399 e. The van der Waals surface area contributed by atoms with Gasteiger partial charge in [-0.1, -0.05) is 12.0 Å². The molecule has 0 radical (unpaired) electrons. The molecule has 96 valence electrons. The molecule has 2 amide bonds. The third-order valence-corrected chi connectivity index (χ3v) is 3.07. The summed E-state index contributed by atoms with van der Waals surface area (Å²) < 4.78 is 0. The number of amides is 2. The highest BCUT2D eigenvalue weighted by Gasteiger charge is 2.05. The SMILES string of the molecule is Nc1ccc(NC(=O)NC=C2CCCCC2)cc1. The van der Waals surface area contributed by atoms with Crippen molar-refractivity contribution in [1.29, 1.82) is 0 Å². The Labute approximate surface area is 107 Å². The highest BCUT2D eigenvalue weighted by Crippen LogP contribution is 2.21. The summed E-state index contributed by atoms with van der Waals surface area (Å²) in [5, 5.41) is 5.53. The number of urea groups is 1. The van der Waals surface area contributed by atoms with E-state index in [1.54, 1.807) is 24.3 Å². The van der Waals surface area contributed by atoms with Crippen LogP contribution in [0.25, 0.3) is 0 Å². The van der Waals surface area contributed by atoms with Crippen LogP contribution in [0, 0.1) is 0 Å². The molecule has 18 heavy (non-hydrogen) atoms. The average Bonchev–Trinajstić information content (AvgIpc) is 2.40. The van der Waals surface area contributed by atoms with Gasteiger partial charge in [0.2, 0.25) is 0 Å². The second kappa shape index (κ2) is 6.10. The first-order chi connectivity index (χ1) is 8.74. The monoisotopic (exact) mass is 245 g/mol. The number of anilines is 2. The summed E-state index contributed by atoms with van der Waals surface area (Å²) in [5.41, 5.74) is 8.33. The van der Waals surface area contributed by atoms with Gasteiger partial charge in [-0.15, -0.1) is 0 Å². The quantitative estimate of drug-likeness (QED) is 0.700. The van der Waals surface area contributed by atoms with Crippen molar-refractivity contribution in [2.24, 2.45) is 0 Å². The molecule has 0 aromatic heterocycles. The Bertz CT molecular complexity index is 429. The molecule has 4 N–H and O–H groups in total. The van der Waals surface area contributed by atoms with Gasteiger partial charge in [0, 0.05) is 17.6 Å². The van der Waals surface area contributed by atoms with Crippen molar-refractivity contribution in [3.8, 4) is 0 Å². The van der Waals surface area contributed by atoms with E-state index >= 15 is 0 Å². The fraction of sp³-hybridized carbons (Fsp3) is 0.357. The van der Waals surface area contributed by atoms with Crippen LogP contribution in [0.2, 0.25) is 0 Å². The summed E-state index contributed by atoms with van der Waals surface area (Å²) in [6.45, 7) is 0. The molecule has 0 spiro atoms. The second-order valence-corrected chi connectivity index (χ2v) is 4.58. The Morgan fingerprint density at radius 3 is 2.44 bits per heavy atom. The van der Waals surface area contributed by atoms with Gasteiger partial charge in [-0.05, 0) is 49.9 Å². The van der Waals surface area contributed by atoms with Crippen molar-refractivity contribution in [1.82, 2.24) is 5.32 Å². The van der Waals surface area contributed by atoms with Crippen LogP contribution >= 0.6 is 0 Å². The first kappa shape index (κ1) is 12.5. The van der Waals surface area contributed by atoms with Gasteiger partial charge in [0.05, 0.1) is 0 Å². The van der Waals surface area contributed by atoms with E-state index in [-0.39, 0.29) is 6.03 Å². The molecule has 0 heterocycles. The number of rotatable bonds is 2. The van der Waals surface area contributed by atoms with Gasteiger partial charge in [0.25, 0.3) is 0 Å². The number of hydrogen-bond acceptors (Lipinski definition) is 2. The van der Waals surface area contributed by atoms with Crippen molar-refractivity contribution in [2.75, 3.05) is 11.1 Å². The first-order valence-corrected chi connectivity index (χ1v) is 6.35. The lowest BCUT2D eigenvalue weighted by molar-refractivity contribution is 0.255. The number of hydrogen-bond donors (Lipinski definition) is 3. The Morgan fingerprint density at radius 1 is 1.11 bits per heavy atom. The molecule has 0 atom stereocenters. The molecule has 0 saturated heterocycles. The third-order valence-electron chi connectivity index (χ3n) is 3.07. The second-order valence-electron chi connectivity index (χ2n) is 4.58. The van der Waals surface area contributed by atoms with Gasteiger partial charge in [0.15, 0.2) is 0 Å². The normalized spacial score (nSPS) is 15.0. The summed E-state index contributed by atoms with van der Waals surface area (Å²) in [6, 6.07) is 6.87. The van der Waals surface area contributed by atoms with Crippen LogP contribution in [-0.2, 0) is 0 Å². The van der Waals surface area contributed by atoms with Crippen LogP contribution in [0.15, 0.2) is 36.0 Å². The van der Waals surface area contributed by atoms with Gasteiger partial charge in [0.1, 0.15) is 0 Å². The number of nitrogen functional groups attached to an aromatic ring is 1. The molecular formula is C14H19N3O. The van der Waals surface area contributed by atoms with E-state index in [0.29, 0.717) is 5.69 Å². The Morgan fingerprint density at radius 2 is 1.78 bits per heavy atom. The van der Waals surface area contributed by atoms with Gasteiger partial charge >= 0.3 is 6.03 Å². The maximum absolute atomic E-state index is 11.6. The summed E-state index contributed by atoms with van der Waals surface area (Å²) in [7, 11) is 0. The van der Waals surface area contributed by atoms with Crippen LogP contribution < -0.4 is 16.4 Å². The molecule has 1 saturated carbocycles. The Balaban J connectivity index is 1.83. The minimum absolute atomic E-state index is 0.210. The third kappa shape index (κ3) is 3.80. The van der Waals surface area contributed by atoms with E-state index in [0.717, 1.165) is 18.5 Å². The Hall–Kier alpha value is -1.97. The molecule has 1 aliphatic carbocycles. The minimum atomic E-state index is -0.210. The van der Waals surface area contributed by atoms with Gasteiger partial charge in [-0.25, -0.2) is 4.79 Å². The predicted octanol–water partition coefficient (Wildman–Crippen LogP) is 3.24. The number of nitrogens with two attached hydrogens (primary N) is 1. The number of carbonyl (C=O) groups is 1. The molecule has 1 fully saturated rings. The van der Waals surface area contributed by atoms with E-state index in [1.165, 1.54) is 24.8 Å². The Kier molecular flexibility index (Phi) is 4.23. The first-order valence-electron chi connectivity index (χ1n) is 6.35. The molecule has 1 aliphatic rings. The van der Waals surface area contributed by atoms with Crippen molar-refractivity contribution in [3.63, 3.8) is 0 Å². The standard InChI is InChI=1S/C14H19N3O/c15-12-6-8-13(9-7-12)17-14(18)16-10-11-4-2-1-3-5-11/h6-10H,1-5,15H2,(H2,16,17,18). The number of allylic oxidation sites excluding steroid dienone is 1. The van der Waals surface area contributed by atoms with E-state index < -0.39 is 0 Å². The van der Waals surface area contributed by atoms with Crippen molar-refractivity contribution in [2.45, 2.75) is 32.1 Å². The molecule has 0 bridgehead atoms. The summed E-state index contributed by atoms with van der Waals surface area (Å²) in [6.07, 6.45) is 7.80. The van der Waals surface area contributed by atoms with Crippen molar-refractivity contribution in [3.05, 3.63) is 36.0 Å². The molecule has 4 heteroatoms. The zero-order chi connectivity index (χ0) is 12.8. The molecule has 4 nitrogen and oxygen atoms in total. The van der Waals surface area contributed by atoms with Crippen LogP contribution in [-0.4, -0.2) is 6.03 Å². The maximum atomic E-state index is 11.6. The topological polar surface area (TPSA) is 67.1 Å². The lowest BCUT2D eigenvalue weighted by atomic mass is 9.96. The lowest BCUT2D eigenvalue weighted by Gasteiger charge is -2.13. The van der Waals surface area contributed by atoms with Crippen LogP contribution in [0.5, 0.6) is 0 Å². The van der Waals surface area contributed by atoms with E-state index in [9.17, 15) is 4.79 Å². The maximum Gasteiger partial charge on any atom is 0.323 e. The smallest absolute Gasteiger partial charge is 0.323 e. The predicted molar refractivity (Wildman–Crippen MR) is 74.2 cm³/mol. The summed E-state index contributed by atoms with van der Waals surface area (Å²) in [4.78, 5) is 11.6. The van der Waals surface area contributed by atoms with Crippen molar-refractivity contribution >= 4 is 17.4 Å². The van der Waals surface area contributed by atoms with Crippen LogP contribution in [0.1, 0.15) is 32.1 Å². The zero-order valence-electron chi connectivity index (χ0n) is 10.4. The van der Waals surface area contributed by atoms with Gasteiger partial charge < -0.3 is 16.4 Å². The highest BCUT2D eigenvalue weighted by molar-refractivity contribution is 5.90. The molecular weight excluding hydrogens is 226 g/mol. The molecule has 0 unspecified atom stereocenters. The molecule has 0 aliphatic heterocycles. The number of nitrogens with one attached hydrogen (secondary N) is 2. The van der Waals surface area contributed by atoms with Crippen molar-refractivity contribution < 1.29 is 4.79 Å². The number of carbonyl (C=O) groups excluding carboxylic acids is 1. The summed E-state index contributed by atoms with van der Waals surface area (Å²) >= 11 is 0. The summed E-state index contributed by atoms with van der Waals surface area (Å²) in [5.74, 6) is 0. The van der Waals surface area contributed by atoms with Crippen LogP contribution in [0.3, 0.4) is 0 Å². The average molecular weight is 245 g/mol. The fourth-order valence-corrected chi connectivity index (χ4v) is 2.05. The van der Waals surface area contributed by atoms with Crippen LogP contribution in [0.4, 0.5) is 16.2 Å². The number of benzene rings is 1. The highest BCUT2D eigenvalue weighted by atomic mass is 16.2. The van der Waals surface area contributed by atoms with Gasteiger partial charge in [-0.2, -0.15) is 0 Å². The fourth-order valence-electron chi connectivity index (χ4n) is 2.05. The van der Waals surface area contributed by atoms with E-state index in [1.807, 2.05) is 6.20 Å². The van der Waals surface area contributed by atoms with E-state index in [2.05, 4.69) is 10.6 Å². The molecule has 1 aromatic rings. The molecule has 1 aromatic carbocycles. The molecule has 2 rings (SSSR count). The largest absolute Gasteiger partial charge is 0.399 e. The van der Waals surface area contributed by atoms with E-state index in [4.69, 9.17) is 5.73 Å².